The van der Waals surface area contributed by atoms with E-state index in [-0.39, 0.29) is 24.3 Å². The Morgan fingerprint density at radius 3 is 2.74 bits per heavy atom. The second-order valence-electron chi connectivity index (χ2n) is 8.21. The van der Waals surface area contributed by atoms with E-state index in [0.29, 0.717) is 12.0 Å². The number of rotatable bonds is 9. The van der Waals surface area contributed by atoms with Gasteiger partial charge in [-0.15, -0.1) is 0 Å². The topological polar surface area (TPSA) is 77.7 Å². The van der Waals surface area contributed by atoms with Crippen molar-refractivity contribution < 1.29 is 13.6 Å². The molecule has 0 saturated heterocycles. The first-order valence-electron chi connectivity index (χ1n) is 11.4. The molecule has 0 N–H and O–H groups in total. The molecule has 0 spiro atoms. The number of nitrogens with zero attached hydrogens (tertiary/aromatic N) is 4. The number of aryl methyl sites for hydroxylation is 1. The van der Waals surface area contributed by atoms with Gasteiger partial charge < -0.3 is 0 Å². The summed E-state index contributed by atoms with van der Waals surface area (Å²) < 4.78 is 27.8. The first-order valence-corrected chi connectivity index (χ1v) is 11.4. The number of allylic oxidation sites excluding steroid dienone is 1. The van der Waals surface area contributed by atoms with Gasteiger partial charge in [0.2, 0.25) is 0 Å². The summed E-state index contributed by atoms with van der Waals surface area (Å²) in [5, 5.41) is 0.944. The minimum absolute atomic E-state index is 0.0182. The summed E-state index contributed by atoms with van der Waals surface area (Å²) in [5.41, 5.74) is 1.70. The van der Waals surface area contributed by atoms with Gasteiger partial charge in [0.1, 0.15) is 11.4 Å². The molecule has 0 atom stereocenters. The average molecular weight is 475 g/mol. The fourth-order valence-corrected chi connectivity index (χ4v) is 3.70. The van der Waals surface area contributed by atoms with Gasteiger partial charge in [-0.05, 0) is 48.2 Å². The highest BCUT2D eigenvalue weighted by atomic mass is 19.2. The molecule has 2 aromatic carbocycles. The monoisotopic (exact) mass is 474 g/mol. The molecule has 2 aromatic heterocycles. The van der Waals surface area contributed by atoms with E-state index in [1.807, 2.05) is 36.5 Å². The van der Waals surface area contributed by atoms with Crippen LogP contribution in [0.1, 0.15) is 53.5 Å². The van der Waals surface area contributed by atoms with Crippen LogP contribution >= 0.6 is 0 Å². The highest BCUT2D eigenvalue weighted by molar-refractivity contribution is 5.95. The van der Waals surface area contributed by atoms with Crippen molar-refractivity contribution in [3.63, 3.8) is 0 Å². The van der Waals surface area contributed by atoms with E-state index in [0.717, 1.165) is 47.3 Å². The molecule has 4 rings (SSSR count). The van der Waals surface area contributed by atoms with E-state index in [4.69, 9.17) is 0 Å². The minimum atomic E-state index is -0.997. The van der Waals surface area contributed by atoms with Gasteiger partial charge in [-0.1, -0.05) is 31.2 Å². The fourth-order valence-electron chi connectivity index (χ4n) is 3.70. The van der Waals surface area contributed by atoms with Gasteiger partial charge in [0, 0.05) is 30.6 Å². The number of halogens is 2. The Bertz CT molecular complexity index is 1460. The molecule has 0 amide bonds. The number of fused-ring (bicyclic) bond motifs is 1. The SMILES string of the molecule is CCCc1ncc2cc(/C=C/CCC(=O)c3cncn(Cc4ccc(F)c(F)c4)c3=O)ccc2n1. The number of carbonyl (C=O) groups is 1. The molecule has 2 heterocycles. The van der Waals surface area contributed by atoms with E-state index >= 15 is 0 Å². The number of benzene rings is 2. The van der Waals surface area contributed by atoms with Gasteiger partial charge >= 0.3 is 0 Å². The smallest absolute Gasteiger partial charge is 0.264 e. The number of ketones is 1. The summed E-state index contributed by atoms with van der Waals surface area (Å²) in [6.45, 7) is 2.07. The third-order valence-corrected chi connectivity index (χ3v) is 5.51. The molecule has 0 aliphatic carbocycles. The molecule has 0 aliphatic rings. The molecule has 35 heavy (non-hydrogen) atoms. The Balaban J connectivity index is 1.39. The zero-order chi connectivity index (χ0) is 24.8. The highest BCUT2D eigenvalue weighted by Crippen LogP contribution is 2.16. The second-order valence-corrected chi connectivity index (χ2v) is 8.21. The molecule has 0 bridgehead atoms. The standard InChI is InChI=1S/C27H24F2N4O2/c1-2-5-26-31-14-20-12-18(9-11-24(20)32-26)6-3-4-7-25(34)21-15-30-17-33(27(21)35)16-19-8-10-22(28)23(29)13-19/h3,6,8-15,17H,2,4-5,7,16H2,1H3/b6-3+. The summed E-state index contributed by atoms with van der Waals surface area (Å²) in [5.74, 6) is -1.46. The Kier molecular flexibility index (Phi) is 7.50. The quantitative estimate of drug-likeness (QED) is 0.314. The van der Waals surface area contributed by atoms with Crippen molar-refractivity contribution in [2.75, 3.05) is 0 Å². The lowest BCUT2D eigenvalue weighted by Gasteiger charge is -2.07. The molecule has 0 fully saturated rings. The van der Waals surface area contributed by atoms with Crippen molar-refractivity contribution >= 4 is 22.8 Å². The molecule has 0 unspecified atom stereocenters. The number of carbonyl (C=O) groups excluding carboxylic acids is 1. The normalized spacial score (nSPS) is 11.4. The lowest BCUT2D eigenvalue weighted by atomic mass is 10.1. The predicted octanol–water partition coefficient (Wildman–Crippen LogP) is 5.14. The van der Waals surface area contributed by atoms with Gasteiger partial charge in [0.05, 0.1) is 18.4 Å². The maximum absolute atomic E-state index is 13.5. The zero-order valence-electron chi connectivity index (χ0n) is 19.2. The van der Waals surface area contributed by atoms with E-state index < -0.39 is 17.2 Å². The largest absolute Gasteiger partial charge is 0.294 e. The van der Waals surface area contributed by atoms with Crippen molar-refractivity contribution in [1.29, 1.82) is 0 Å². The van der Waals surface area contributed by atoms with Crippen LogP contribution in [0, 0.1) is 11.6 Å². The van der Waals surface area contributed by atoms with Crippen LogP contribution in [0.15, 0.2) is 66.0 Å². The molecule has 0 saturated carbocycles. The van der Waals surface area contributed by atoms with E-state index in [1.54, 1.807) is 0 Å². The minimum Gasteiger partial charge on any atom is -0.294 e. The van der Waals surface area contributed by atoms with E-state index in [2.05, 4.69) is 21.9 Å². The molecule has 6 nitrogen and oxygen atoms in total. The summed E-state index contributed by atoms with van der Waals surface area (Å²) in [6, 6.07) is 9.29. The average Bonchev–Trinajstić information content (AvgIpc) is 2.85. The first kappa shape index (κ1) is 24.1. The number of Topliss-reactive ketones (excluding diaryl/α,β-unsaturated/α-hetero) is 1. The van der Waals surface area contributed by atoms with E-state index in [1.165, 1.54) is 23.2 Å². The lowest BCUT2D eigenvalue weighted by molar-refractivity contribution is 0.0981. The Labute approximate surface area is 201 Å². The summed E-state index contributed by atoms with van der Waals surface area (Å²) in [4.78, 5) is 38.3. The Morgan fingerprint density at radius 2 is 1.94 bits per heavy atom. The van der Waals surface area contributed by atoms with Crippen LogP contribution in [-0.2, 0) is 13.0 Å². The zero-order valence-corrected chi connectivity index (χ0v) is 19.2. The van der Waals surface area contributed by atoms with Gasteiger partial charge in [-0.25, -0.2) is 23.7 Å². The van der Waals surface area contributed by atoms with Crippen molar-refractivity contribution in [1.82, 2.24) is 19.5 Å². The van der Waals surface area contributed by atoms with Crippen LogP contribution < -0.4 is 5.56 Å². The van der Waals surface area contributed by atoms with Crippen LogP contribution in [0.25, 0.3) is 17.0 Å². The summed E-state index contributed by atoms with van der Waals surface area (Å²) in [7, 11) is 0. The van der Waals surface area contributed by atoms with Crippen molar-refractivity contribution in [3.05, 3.63) is 106 Å². The molecule has 0 aliphatic heterocycles. The number of hydrogen-bond acceptors (Lipinski definition) is 5. The fraction of sp³-hybridized carbons (Fsp3) is 0.222. The summed E-state index contributed by atoms with van der Waals surface area (Å²) in [6.07, 6.45) is 10.5. The van der Waals surface area contributed by atoms with Gasteiger partial charge in [-0.3, -0.25) is 14.2 Å². The Morgan fingerprint density at radius 1 is 1.09 bits per heavy atom. The Hall–Kier alpha value is -4.07. The van der Waals surface area contributed by atoms with Gasteiger partial charge in [0.25, 0.3) is 5.56 Å². The molecule has 8 heteroatoms. The van der Waals surface area contributed by atoms with Crippen LogP contribution in [0.2, 0.25) is 0 Å². The predicted molar refractivity (Wildman–Crippen MR) is 130 cm³/mol. The maximum atomic E-state index is 13.5. The number of hydrogen-bond donors (Lipinski definition) is 0. The second kappa shape index (κ2) is 10.9. The first-order chi connectivity index (χ1) is 16.9. The van der Waals surface area contributed by atoms with Crippen LogP contribution in [0.4, 0.5) is 8.78 Å². The molecular weight excluding hydrogens is 450 g/mol. The molecule has 0 radical (unpaired) electrons. The number of aromatic nitrogens is 4. The summed E-state index contributed by atoms with van der Waals surface area (Å²) >= 11 is 0. The third-order valence-electron chi connectivity index (χ3n) is 5.51. The molecule has 178 valence electrons. The van der Waals surface area contributed by atoms with Crippen LogP contribution in [0.5, 0.6) is 0 Å². The lowest BCUT2D eigenvalue weighted by Crippen LogP contribution is -2.27. The van der Waals surface area contributed by atoms with Gasteiger partial charge in [-0.2, -0.15) is 0 Å². The van der Waals surface area contributed by atoms with Crippen LogP contribution in [0.3, 0.4) is 0 Å². The molecular formula is C27H24F2N4O2. The van der Waals surface area contributed by atoms with Crippen molar-refractivity contribution in [2.24, 2.45) is 0 Å². The maximum Gasteiger partial charge on any atom is 0.264 e. The third kappa shape index (κ3) is 5.90. The highest BCUT2D eigenvalue weighted by Gasteiger charge is 2.13. The van der Waals surface area contributed by atoms with E-state index in [9.17, 15) is 18.4 Å². The molecule has 4 aromatic rings. The van der Waals surface area contributed by atoms with Crippen molar-refractivity contribution in [3.8, 4) is 0 Å². The van der Waals surface area contributed by atoms with Crippen LogP contribution in [-0.4, -0.2) is 25.3 Å². The van der Waals surface area contributed by atoms with Crippen molar-refractivity contribution in [2.45, 2.75) is 39.2 Å². The van der Waals surface area contributed by atoms with Gasteiger partial charge in [0.15, 0.2) is 17.4 Å².